The van der Waals surface area contributed by atoms with E-state index in [9.17, 15) is 4.79 Å². The highest BCUT2D eigenvalue weighted by Crippen LogP contribution is 2.20. The molecule has 146 valence electrons. The first-order valence-corrected chi connectivity index (χ1v) is 9.31. The summed E-state index contributed by atoms with van der Waals surface area (Å²) in [4.78, 5) is 24.5. The summed E-state index contributed by atoms with van der Waals surface area (Å²) in [5.41, 5.74) is 0.804. The van der Waals surface area contributed by atoms with Crippen molar-refractivity contribution in [3.05, 3.63) is 10.4 Å². The molecule has 27 heavy (non-hydrogen) atoms. The molecular formula is C18H27N7O2. The van der Waals surface area contributed by atoms with Crippen molar-refractivity contribution >= 4 is 23.1 Å². The van der Waals surface area contributed by atoms with Gasteiger partial charge in [0.2, 0.25) is 11.9 Å². The lowest BCUT2D eigenvalue weighted by Gasteiger charge is -2.28. The Balaban J connectivity index is 2.03. The van der Waals surface area contributed by atoms with Crippen LogP contribution >= 0.6 is 0 Å². The van der Waals surface area contributed by atoms with Gasteiger partial charge in [0.25, 0.3) is 5.56 Å². The van der Waals surface area contributed by atoms with Crippen molar-refractivity contribution in [2.24, 2.45) is 7.05 Å². The number of fused-ring (bicyclic) bond motifs is 1. The smallest absolute Gasteiger partial charge is 0.281 e. The molecular weight excluding hydrogens is 346 g/mol. The average molecular weight is 373 g/mol. The van der Waals surface area contributed by atoms with Crippen LogP contribution in [0.15, 0.2) is 4.79 Å². The number of imidazole rings is 1. The summed E-state index contributed by atoms with van der Waals surface area (Å²) in [5.74, 6) is 7.20. The van der Waals surface area contributed by atoms with Gasteiger partial charge in [-0.2, -0.15) is 9.97 Å². The molecule has 0 saturated carbocycles. The number of rotatable bonds is 7. The van der Waals surface area contributed by atoms with Gasteiger partial charge in [0.15, 0.2) is 11.2 Å². The van der Waals surface area contributed by atoms with Gasteiger partial charge in [-0.3, -0.25) is 13.9 Å². The number of hydrogen-bond donors (Lipinski definition) is 2. The van der Waals surface area contributed by atoms with Gasteiger partial charge >= 0.3 is 0 Å². The van der Waals surface area contributed by atoms with Gasteiger partial charge in [-0.05, 0) is 13.8 Å². The maximum absolute atomic E-state index is 13.0. The number of piperazine rings is 1. The van der Waals surface area contributed by atoms with E-state index in [0.29, 0.717) is 43.4 Å². The second kappa shape index (κ2) is 8.88. The monoisotopic (exact) mass is 373 g/mol. The van der Waals surface area contributed by atoms with Gasteiger partial charge in [0.1, 0.15) is 0 Å². The Labute approximate surface area is 158 Å². The molecule has 2 N–H and O–H groups in total. The molecule has 0 unspecified atom stereocenters. The first-order chi connectivity index (χ1) is 13.2. The van der Waals surface area contributed by atoms with Crippen LogP contribution in [-0.4, -0.2) is 65.0 Å². The summed E-state index contributed by atoms with van der Waals surface area (Å²) in [5, 5.41) is 6.49. The fraction of sp³-hybridized carbons (Fsp3) is 0.611. The Bertz CT molecular complexity index is 900. The number of anilines is 2. The molecule has 9 heteroatoms. The Hall–Kier alpha value is -2.57. The second-order valence-corrected chi connectivity index (χ2v) is 6.26. The Morgan fingerprint density at radius 2 is 2.07 bits per heavy atom. The van der Waals surface area contributed by atoms with Crippen molar-refractivity contribution < 1.29 is 4.74 Å². The minimum atomic E-state index is -0.134. The fourth-order valence-corrected chi connectivity index (χ4v) is 3.10. The lowest BCUT2D eigenvalue weighted by molar-refractivity contribution is 0.158. The Morgan fingerprint density at radius 3 is 2.78 bits per heavy atom. The van der Waals surface area contributed by atoms with Crippen LogP contribution in [-0.2, 0) is 18.3 Å². The summed E-state index contributed by atoms with van der Waals surface area (Å²) in [6.07, 6.45) is 0. The molecule has 0 amide bonds. The summed E-state index contributed by atoms with van der Waals surface area (Å²) in [6.45, 7) is 9.39. The largest absolute Gasteiger partial charge is 0.380 e. The lowest BCUT2D eigenvalue weighted by Crippen LogP contribution is -2.44. The minimum Gasteiger partial charge on any atom is -0.380 e. The Kier molecular flexibility index (Phi) is 6.32. The number of aromatic nitrogens is 4. The van der Waals surface area contributed by atoms with Gasteiger partial charge in [-0.15, -0.1) is 5.92 Å². The topological polar surface area (TPSA) is 89.2 Å². The zero-order valence-electron chi connectivity index (χ0n) is 16.2. The summed E-state index contributed by atoms with van der Waals surface area (Å²) >= 11 is 0. The predicted molar refractivity (Wildman–Crippen MR) is 106 cm³/mol. The predicted octanol–water partition coefficient (Wildman–Crippen LogP) is 0.0113. The molecule has 9 nitrogen and oxygen atoms in total. The lowest BCUT2D eigenvalue weighted by atomic mass is 10.4. The van der Waals surface area contributed by atoms with Crippen LogP contribution < -0.4 is 21.1 Å². The molecule has 3 heterocycles. The normalized spacial score (nSPS) is 14.3. The van der Waals surface area contributed by atoms with Gasteiger partial charge < -0.3 is 20.3 Å². The highest BCUT2D eigenvalue weighted by Gasteiger charge is 2.22. The number of hydrogen-bond acceptors (Lipinski definition) is 7. The quantitative estimate of drug-likeness (QED) is 0.522. The third kappa shape index (κ3) is 4.07. The van der Waals surface area contributed by atoms with Crippen molar-refractivity contribution in [1.29, 1.82) is 0 Å². The minimum absolute atomic E-state index is 0.134. The van der Waals surface area contributed by atoms with Crippen LogP contribution in [0.2, 0.25) is 0 Å². The number of nitrogens with one attached hydrogen (secondary N) is 2. The molecule has 0 spiro atoms. The van der Waals surface area contributed by atoms with E-state index in [-0.39, 0.29) is 5.56 Å². The van der Waals surface area contributed by atoms with Crippen molar-refractivity contribution in [1.82, 2.24) is 24.4 Å². The number of nitrogens with zero attached hydrogens (tertiary/aromatic N) is 5. The summed E-state index contributed by atoms with van der Waals surface area (Å²) in [7, 11) is 1.71. The molecule has 0 aliphatic carbocycles. The molecule has 1 saturated heterocycles. The number of ether oxygens (including phenoxy) is 1. The zero-order valence-corrected chi connectivity index (χ0v) is 16.2. The molecule has 0 radical (unpaired) electrons. The zero-order chi connectivity index (χ0) is 19.2. The standard InChI is InChI=1S/C18H27N7O2/c1-4-6-10-25-14-15(22-18(25)24-11-7-19-8-12-24)21-17(23(3)16(14)26)20-9-13-27-5-2/h19H,5,7-13H2,1-3H3,(H,20,21). The first-order valence-electron chi connectivity index (χ1n) is 9.31. The van der Waals surface area contributed by atoms with Crippen LogP contribution in [0.5, 0.6) is 0 Å². The molecule has 3 rings (SSSR count). The molecule has 0 aromatic carbocycles. The SMILES string of the molecule is CC#CCn1c(N2CCNCC2)nc2nc(NCCOCC)n(C)c(=O)c21. The van der Waals surface area contributed by atoms with E-state index in [1.165, 1.54) is 4.57 Å². The summed E-state index contributed by atoms with van der Waals surface area (Å²) < 4.78 is 8.74. The highest BCUT2D eigenvalue weighted by molar-refractivity contribution is 5.75. The fourth-order valence-electron chi connectivity index (χ4n) is 3.10. The maximum Gasteiger partial charge on any atom is 0.281 e. The first kappa shape index (κ1) is 19.2. The molecule has 1 aliphatic rings. The molecule has 1 fully saturated rings. The van der Waals surface area contributed by atoms with E-state index in [4.69, 9.17) is 9.72 Å². The van der Waals surface area contributed by atoms with Crippen molar-refractivity contribution in [3.63, 3.8) is 0 Å². The van der Waals surface area contributed by atoms with Gasteiger partial charge in [-0.1, -0.05) is 5.92 Å². The summed E-state index contributed by atoms with van der Waals surface area (Å²) in [6, 6.07) is 0. The molecule has 2 aromatic rings. The van der Waals surface area contributed by atoms with Crippen molar-refractivity contribution in [2.45, 2.75) is 20.4 Å². The van der Waals surface area contributed by atoms with Crippen LogP contribution in [0, 0.1) is 11.8 Å². The van der Waals surface area contributed by atoms with E-state index in [0.717, 1.165) is 32.1 Å². The van der Waals surface area contributed by atoms with E-state index < -0.39 is 0 Å². The van der Waals surface area contributed by atoms with Crippen LogP contribution in [0.3, 0.4) is 0 Å². The van der Waals surface area contributed by atoms with E-state index in [2.05, 4.69) is 32.4 Å². The van der Waals surface area contributed by atoms with Crippen LogP contribution in [0.4, 0.5) is 11.9 Å². The molecule has 0 atom stereocenters. The van der Waals surface area contributed by atoms with Crippen LogP contribution in [0.1, 0.15) is 13.8 Å². The van der Waals surface area contributed by atoms with E-state index in [1.54, 1.807) is 14.0 Å². The molecule has 2 aromatic heterocycles. The van der Waals surface area contributed by atoms with Gasteiger partial charge in [0.05, 0.1) is 13.2 Å². The van der Waals surface area contributed by atoms with Crippen molar-refractivity contribution in [3.8, 4) is 11.8 Å². The third-order valence-corrected chi connectivity index (χ3v) is 4.51. The molecule has 0 bridgehead atoms. The average Bonchev–Trinajstić information content (AvgIpc) is 3.06. The Morgan fingerprint density at radius 1 is 1.30 bits per heavy atom. The second-order valence-electron chi connectivity index (χ2n) is 6.26. The maximum atomic E-state index is 13.0. The van der Waals surface area contributed by atoms with E-state index >= 15 is 0 Å². The van der Waals surface area contributed by atoms with Gasteiger partial charge in [-0.25, -0.2) is 0 Å². The third-order valence-electron chi connectivity index (χ3n) is 4.51. The van der Waals surface area contributed by atoms with Gasteiger partial charge in [0, 0.05) is 46.4 Å². The molecule has 1 aliphatic heterocycles. The highest BCUT2D eigenvalue weighted by atomic mass is 16.5. The van der Waals surface area contributed by atoms with Crippen LogP contribution in [0.25, 0.3) is 11.2 Å². The van der Waals surface area contributed by atoms with Crippen molar-refractivity contribution in [2.75, 3.05) is 56.2 Å². The van der Waals surface area contributed by atoms with E-state index in [1.807, 2.05) is 11.5 Å².